The van der Waals surface area contributed by atoms with Crippen molar-refractivity contribution in [2.45, 2.75) is 212 Å². The molecule has 0 amide bonds. The SMILES string of the molecule is CCC(CC)(c1ccc(C#CC2(O)CCCCC2)c(C)c1)c1ccc(B2OC(C)(C)C(C)(C)O2)c(C)c1.CCC(CC)(c1ccc(C#CC2(O)CCCCC2)c(C)c1)c1ccc(OS(=O)(=O)C(F)(F)F)c(C)c1. The van der Waals surface area contributed by atoms with Gasteiger partial charge in [-0.2, -0.15) is 21.6 Å². The van der Waals surface area contributed by atoms with Crippen molar-refractivity contribution in [3.63, 3.8) is 0 Å². The second kappa shape index (κ2) is 22.3. The van der Waals surface area contributed by atoms with Crippen LogP contribution in [0.25, 0.3) is 0 Å². The van der Waals surface area contributed by atoms with Gasteiger partial charge in [0.15, 0.2) is 0 Å². The maximum Gasteiger partial charge on any atom is 0.534 e. The molecule has 7 rings (SSSR count). The van der Waals surface area contributed by atoms with Gasteiger partial charge in [0, 0.05) is 22.0 Å². The quantitative estimate of drug-likeness (QED) is 0.0668. The van der Waals surface area contributed by atoms with Crippen molar-refractivity contribution in [1.82, 2.24) is 0 Å². The molecule has 0 unspecified atom stereocenters. The lowest BCUT2D eigenvalue weighted by atomic mass is 9.68. The lowest BCUT2D eigenvalue weighted by Crippen LogP contribution is -2.41. The number of aliphatic hydroxyl groups is 2. The van der Waals surface area contributed by atoms with Crippen LogP contribution >= 0.6 is 0 Å². The van der Waals surface area contributed by atoms with E-state index in [-0.39, 0.29) is 29.5 Å². The van der Waals surface area contributed by atoms with E-state index in [1.165, 1.54) is 41.7 Å². The first-order valence-electron chi connectivity index (χ1n) is 26.4. The number of alkyl halides is 3. The summed E-state index contributed by atoms with van der Waals surface area (Å²) in [4.78, 5) is 0. The topological polar surface area (TPSA) is 102 Å². The Morgan fingerprint density at radius 1 is 0.562 bits per heavy atom. The predicted molar refractivity (Wildman–Crippen MR) is 289 cm³/mol. The highest BCUT2D eigenvalue weighted by Crippen LogP contribution is 2.43. The minimum atomic E-state index is -5.74. The van der Waals surface area contributed by atoms with Crippen LogP contribution in [-0.4, -0.2) is 53.7 Å². The molecule has 12 heteroatoms. The zero-order chi connectivity index (χ0) is 53.8. The standard InChI is InChI=1S/C33H45BO3.C28H33F3O4S/c1-9-33(10-2,27-15-14-26(24(3)22-27)18-21-32(35)19-12-11-13-20-32)28-16-17-29(25(4)23-28)34-36-30(5,6)31(7,8)37-34;1-5-27(6-2,24-12-13-25(21(4)19-24)35-36(33,34)28(29,30)31)23-11-10-22(20(3)18-23)14-17-26(32)15-8-7-9-16-26/h14-17,22-23,35H,9-13,19-20H2,1-8H3;10-13,18-19,32H,5-9,15-16H2,1-4H3. The summed E-state index contributed by atoms with van der Waals surface area (Å²) in [5.41, 5.74) is 2.64. The van der Waals surface area contributed by atoms with Crippen molar-refractivity contribution in [2.75, 3.05) is 0 Å². The van der Waals surface area contributed by atoms with Gasteiger partial charge in [0.25, 0.3) is 0 Å². The molecule has 3 aliphatic rings. The molecular formula is C61H78BF3O7S. The maximum atomic E-state index is 12.8. The number of benzene rings is 4. The number of hydrogen-bond acceptors (Lipinski definition) is 7. The monoisotopic (exact) mass is 1020 g/mol. The molecule has 0 bridgehead atoms. The van der Waals surface area contributed by atoms with E-state index in [0.29, 0.717) is 31.2 Å². The number of rotatable bonds is 11. The van der Waals surface area contributed by atoms with E-state index in [0.717, 1.165) is 91.1 Å². The van der Waals surface area contributed by atoms with Crippen molar-refractivity contribution >= 4 is 22.7 Å². The van der Waals surface area contributed by atoms with Crippen LogP contribution in [0.4, 0.5) is 13.2 Å². The van der Waals surface area contributed by atoms with Crippen LogP contribution in [0, 0.1) is 51.4 Å². The van der Waals surface area contributed by atoms with Crippen molar-refractivity contribution in [3.8, 4) is 29.4 Å². The summed E-state index contributed by atoms with van der Waals surface area (Å²) in [5.74, 6) is 12.4. The van der Waals surface area contributed by atoms with Gasteiger partial charge in [-0.15, -0.1) is 0 Å². The molecule has 73 heavy (non-hydrogen) atoms. The van der Waals surface area contributed by atoms with Crippen LogP contribution in [0.1, 0.15) is 201 Å². The van der Waals surface area contributed by atoms with Gasteiger partial charge in [0.05, 0.1) is 11.2 Å². The van der Waals surface area contributed by atoms with Gasteiger partial charge in [0.1, 0.15) is 17.0 Å². The Labute approximate surface area is 435 Å². The third kappa shape index (κ3) is 12.4. The summed E-state index contributed by atoms with van der Waals surface area (Å²) in [5, 5.41) is 21.5. The van der Waals surface area contributed by atoms with Crippen LogP contribution in [0.2, 0.25) is 0 Å². The normalized spacial score (nSPS) is 18.3. The van der Waals surface area contributed by atoms with Crippen LogP contribution in [-0.2, 0) is 30.3 Å². The number of aryl methyl sites for hydroxylation is 4. The summed E-state index contributed by atoms with van der Waals surface area (Å²) in [7, 11) is -6.10. The fourth-order valence-corrected chi connectivity index (χ4v) is 11.5. The molecule has 1 aliphatic heterocycles. The molecular weight excluding hydrogens is 945 g/mol. The first-order chi connectivity index (χ1) is 34.1. The fourth-order valence-electron chi connectivity index (χ4n) is 11.0. The predicted octanol–water partition coefficient (Wildman–Crippen LogP) is 13.4. The second-order valence-electron chi connectivity index (χ2n) is 21.9. The van der Waals surface area contributed by atoms with Crippen LogP contribution < -0.4 is 9.65 Å². The third-order valence-electron chi connectivity index (χ3n) is 16.7. The summed E-state index contributed by atoms with van der Waals surface area (Å²) in [6.07, 6.45) is 12.8. The molecule has 7 nitrogen and oxygen atoms in total. The summed E-state index contributed by atoms with van der Waals surface area (Å²) >= 11 is 0. The largest absolute Gasteiger partial charge is 0.534 e. The van der Waals surface area contributed by atoms with Crippen LogP contribution in [0.5, 0.6) is 5.75 Å². The Balaban J connectivity index is 0.000000238. The molecule has 0 spiro atoms. The maximum absolute atomic E-state index is 12.8. The summed E-state index contributed by atoms with van der Waals surface area (Å²) < 4.78 is 78.3. The smallest absolute Gasteiger partial charge is 0.399 e. The van der Waals surface area contributed by atoms with Gasteiger partial charge in [-0.3, -0.25) is 0 Å². The van der Waals surface area contributed by atoms with E-state index >= 15 is 0 Å². The number of hydrogen-bond donors (Lipinski definition) is 2. The average Bonchev–Trinajstić information content (AvgIpc) is 3.55. The molecule has 0 radical (unpaired) electrons. The zero-order valence-electron chi connectivity index (χ0n) is 45.4. The average molecular weight is 1020 g/mol. The molecule has 2 N–H and O–H groups in total. The van der Waals surface area contributed by atoms with Gasteiger partial charge in [-0.05, 0) is 195 Å². The minimum Gasteiger partial charge on any atom is -0.399 e. The van der Waals surface area contributed by atoms with Crippen LogP contribution in [0.15, 0.2) is 72.8 Å². The molecule has 4 aromatic carbocycles. The van der Waals surface area contributed by atoms with E-state index in [2.05, 4.69) is 126 Å². The lowest BCUT2D eigenvalue weighted by Gasteiger charge is -2.34. The van der Waals surface area contributed by atoms with Gasteiger partial charge in [0.2, 0.25) is 0 Å². The molecule has 1 saturated heterocycles. The van der Waals surface area contributed by atoms with Gasteiger partial charge in [-0.25, -0.2) is 0 Å². The van der Waals surface area contributed by atoms with Crippen molar-refractivity contribution in [3.05, 3.63) is 128 Å². The molecule has 0 atom stereocenters. The summed E-state index contributed by atoms with van der Waals surface area (Å²) in [6.45, 7) is 24.8. The molecule has 0 aromatic heterocycles. The highest BCUT2D eigenvalue weighted by molar-refractivity contribution is 7.88. The lowest BCUT2D eigenvalue weighted by molar-refractivity contribution is -0.0500. The molecule has 394 valence electrons. The molecule has 4 aromatic rings. The Kier molecular flexibility index (Phi) is 17.7. The van der Waals surface area contributed by atoms with E-state index in [1.807, 2.05) is 32.9 Å². The van der Waals surface area contributed by atoms with Gasteiger partial charge < -0.3 is 23.7 Å². The number of halogens is 3. The minimum absolute atomic E-state index is 0.0858. The second-order valence-corrected chi connectivity index (χ2v) is 23.5. The first kappa shape index (κ1) is 57.7. The van der Waals surface area contributed by atoms with E-state index < -0.39 is 32.2 Å². The van der Waals surface area contributed by atoms with Crippen molar-refractivity contribution < 1.29 is 45.3 Å². The Morgan fingerprint density at radius 2 is 0.918 bits per heavy atom. The van der Waals surface area contributed by atoms with E-state index in [4.69, 9.17) is 9.31 Å². The van der Waals surface area contributed by atoms with Crippen molar-refractivity contribution in [2.24, 2.45) is 0 Å². The molecule has 2 saturated carbocycles. The van der Waals surface area contributed by atoms with Gasteiger partial charge >= 0.3 is 22.7 Å². The zero-order valence-corrected chi connectivity index (χ0v) is 46.2. The fraction of sp³-hybridized carbons (Fsp3) is 0.541. The third-order valence-corrected chi connectivity index (χ3v) is 17.7. The van der Waals surface area contributed by atoms with E-state index in [1.54, 1.807) is 12.1 Å². The Hall–Kier alpha value is -4.56. The molecule has 2 aliphatic carbocycles. The van der Waals surface area contributed by atoms with Gasteiger partial charge in [-0.1, -0.05) is 124 Å². The van der Waals surface area contributed by atoms with Crippen LogP contribution in [0.3, 0.4) is 0 Å². The highest BCUT2D eigenvalue weighted by Gasteiger charge is 2.52. The Bertz CT molecular complexity index is 2830. The first-order valence-corrected chi connectivity index (χ1v) is 27.9. The van der Waals surface area contributed by atoms with E-state index in [9.17, 15) is 31.8 Å². The summed E-state index contributed by atoms with van der Waals surface area (Å²) in [6, 6.07) is 24.1. The highest BCUT2D eigenvalue weighted by atomic mass is 32.2. The van der Waals surface area contributed by atoms with Crippen molar-refractivity contribution in [1.29, 1.82) is 0 Å². The molecule has 1 heterocycles. The Morgan fingerprint density at radius 3 is 1.26 bits per heavy atom. The molecule has 3 fully saturated rings.